The van der Waals surface area contributed by atoms with Gasteiger partial charge in [0, 0.05) is 37.0 Å². The van der Waals surface area contributed by atoms with Crippen molar-refractivity contribution >= 4 is 0 Å². The Morgan fingerprint density at radius 1 is 1.36 bits per heavy atom. The Hall–Kier alpha value is -2.41. The second kappa shape index (κ2) is 6.48. The predicted molar refractivity (Wildman–Crippen MR) is 94.1 cm³/mol. The quantitative estimate of drug-likeness (QED) is 0.746. The van der Waals surface area contributed by atoms with E-state index < -0.39 is 0 Å². The van der Waals surface area contributed by atoms with Crippen LogP contribution in [0.4, 0.5) is 0 Å². The third kappa shape index (κ3) is 3.11. The first-order valence-corrected chi connectivity index (χ1v) is 8.86. The third-order valence-corrected chi connectivity index (χ3v) is 4.78. The lowest BCUT2D eigenvalue weighted by Gasteiger charge is -2.26. The van der Waals surface area contributed by atoms with Crippen molar-refractivity contribution < 1.29 is 4.42 Å². The maximum atomic E-state index is 5.72. The summed E-state index contributed by atoms with van der Waals surface area (Å²) in [5.74, 6) is 4.31. The van der Waals surface area contributed by atoms with Gasteiger partial charge in [-0.3, -0.25) is 5.10 Å². The van der Waals surface area contributed by atoms with E-state index in [0.717, 1.165) is 60.4 Å². The normalized spacial score (nSPS) is 17.2. The minimum Gasteiger partial charge on any atom is -0.460 e. The summed E-state index contributed by atoms with van der Waals surface area (Å²) in [6, 6.07) is 4.35. The summed E-state index contributed by atoms with van der Waals surface area (Å²) in [5.41, 5.74) is 2.07. The van der Waals surface area contributed by atoms with Gasteiger partial charge in [-0.25, -0.2) is 0 Å². The Morgan fingerprint density at radius 3 is 3.00 bits per heavy atom. The lowest BCUT2D eigenvalue weighted by Crippen LogP contribution is -2.37. The fourth-order valence-electron chi connectivity index (χ4n) is 3.42. The summed E-state index contributed by atoms with van der Waals surface area (Å²) >= 11 is 0. The number of aryl methyl sites for hydroxylation is 2. The molecule has 3 aromatic heterocycles. The second-order valence-corrected chi connectivity index (χ2v) is 7.04. The van der Waals surface area contributed by atoms with Gasteiger partial charge < -0.3 is 14.3 Å². The van der Waals surface area contributed by atoms with Crippen LogP contribution >= 0.6 is 0 Å². The topological polar surface area (TPSA) is 84.6 Å². The highest BCUT2D eigenvalue weighted by atomic mass is 16.3. The molecule has 0 fully saturated rings. The van der Waals surface area contributed by atoms with E-state index in [-0.39, 0.29) is 0 Å². The lowest BCUT2D eigenvalue weighted by atomic mass is 10.1. The molecule has 7 heteroatoms. The van der Waals surface area contributed by atoms with E-state index in [1.807, 2.05) is 25.3 Å². The Balaban J connectivity index is 1.45. The lowest BCUT2D eigenvalue weighted by molar-refractivity contribution is 0.370. The monoisotopic (exact) mass is 340 g/mol. The molecule has 0 saturated carbocycles. The zero-order valence-corrected chi connectivity index (χ0v) is 14.9. The Labute approximate surface area is 146 Å². The van der Waals surface area contributed by atoms with Crippen molar-refractivity contribution in [3.05, 3.63) is 41.3 Å². The maximum absolute atomic E-state index is 5.72. The number of fused-ring (bicyclic) bond motifs is 1. The zero-order valence-electron chi connectivity index (χ0n) is 14.9. The van der Waals surface area contributed by atoms with Crippen LogP contribution in [0.15, 0.2) is 22.7 Å². The molecule has 7 nitrogen and oxygen atoms in total. The first-order valence-electron chi connectivity index (χ1n) is 8.86. The average molecular weight is 340 g/mol. The van der Waals surface area contributed by atoms with Crippen molar-refractivity contribution in [2.75, 3.05) is 0 Å². The number of furan rings is 1. The van der Waals surface area contributed by atoms with Gasteiger partial charge in [-0.1, -0.05) is 13.8 Å². The molecule has 0 radical (unpaired) electrons. The average Bonchev–Trinajstić information content (AvgIpc) is 3.31. The molecule has 25 heavy (non-hydrogen) atoms. The molecule has 132 valence electrons. The van der Waals surface area contributed by atoms with Crippen molar-refractivity contribution in [2.24, 2.45) is 0 Å². The van der Waals surface area contributed by atoms with E-state index in [1.54, 1.807) is 0 Å². The van der Waals surface area contributed by atoms with E-state index in [0.29, 0.717) is 12.0 Å². The number of aromatic amines is 1. The van der Waals surface area contributed by atoms with Gasteiger partial charge in [-0.15, -0.1) is 10.2 Å². The molecule has 0 spiro atoms. The number of nitrogens with zero attached hydrogens (tertiary/aromatic N) is 4. The van der Waals surface area contributed by atoms with Crippen molar-refractivity contribution in [3.63, 3.8) is 0 Å². The highest BCUT2D eigenvalue weighted by Crippen LogP contribution is 2.24. The van der Waals surface area contributed by atoms with Gasteiger partial charge in [0.1, 0.15) is 23.1 Å². The molecule has 3 aromatic rings. The Bertz CT molecular complexity index is 859. The van der Waals surface area contributed by atoms with Gasteiger partial charge in [-0.2, -0.15) is 5.10 Å². The van der Waals surface area contributed by atoms with Crippen molar-refractivity contribution in [1.29, 1.82) is 0 Å². The van der Waals surface area contributed by atoms with Gasteiger partial charge in [0.15, 0.2) is 5.76 Å². The van der Waals surface area contributed by atoms with Crippen LogP contribution in [0, 0.1) is 6.92 Å². The molecule has 0 bridgehead atoms. The van der Waals surface area contributed by atoms with E-state index >= 15 is 0 Å². The predicted octanol–water partition coefficient (Wildman–Crippen LogP) is 2.80. The highest BCUT2D eigenvalue weighted by Gasteiger charge is 2.24. The Kier molecular flexibility index (Phi) is 4.17. The van der Waals surface area contributed by atoms with Crippen LogP contribution in [0.3, 0.4) is 0 Å². The minimum atomic E-state index is 0.391. The standard InChI is InChI=1S/C18H24N6O/c1-11(2)18-23-21-16-7-5-14(10-24(16)18)19-8-13-9-20-22-17(13)15-6-4-12(3)25-15/h4,6,9,11,14,19H,5,7-8,10H2,1-3H3,(H,20,22). The smallest absolute Gasteiger partial charge is 0.152 e. The summed E-state index contributed by atoms with van der Waals surface area (Å²) in [6.07, 6.45) is 3.91. The SMILES string of the molecule is Cc1ccc(-c2[nH]ncc2CNC2CCc3nnc(C(C)C)n3C2)o1. The first kappa shape index (κ1) is 16.1. The molecule has 4 heterocycles. The van der Waals surface area contributed by atoms with E-state index in [9.17, 15) is 0 Å². The largest absolute Gasteiger partial charge is 0.460 e. The molecule has 1 atom stereocenters. The van der Waals surface area contributed by atoms with Gasteiger partial charge in [-0.05, 0) is 25.5 Å². The van der Waals surface area contributed by atoms with Crippen molar-refractivity contribution in [3.8, 4) is 11.5 Å². The summed E-state index contributed by atoms with van der Waals surface area (Å²) in [4.78, 5) is 0. The van der Waals surface area contributed by atoms with E-state index in [4.69, 9.17) is 4.42 Å². The fraction of sp³-hybridized carbons (Fsp3) is 0.500. The number of rotatable bonds is 5. The van der Waals surface area contributed by atoms with Gasteiger partial charge in [0.25, 0.3) is 0 Å². The van der Waals surface area contributed by atoms with Crippen LogP contribution < -0.4 is 5.32 Å². The van der Waals surface area contributed by atoms with Crippen LogP contribution in [-0.2, 0) is 19.5 Å². The van der Waals surface area contributed by atoms with Gasteiger partial charge >= 0.3 is 0 Å². The molecular weight excluding hydrogens is 316 g/mol. The molecular formula is C18H24N6O. The Morgan fingerprint density at radius 2 is 2.24 bits per heavy atom. The van der Waals surface area contributed by atoms with Crippen LogP contribution in [0.5, 0.6) is 0 Å². The number of nitrogens with one attached hydrogen (secondary N) is 2. The van der Waals surface area contributed by atoms with Crippen LogP contribution in [0.2, 0.25) is 0 Å². The summed E-state index contributed by atoms with van der Waals surface area (Å²) < 4.78 is 7.99. The number of hydrogen-bond acceptors (Lipinski definition) is 5. The third-order valence-electron chi connectivity index (χ3n) is 4.78. The van der Waals surface area contributed by atoms with Gasteiger partial charge in [0.05, 0.1) is 6.20 Å². The molecule has 4 rings (SSSR count). The molecule has 0 aliphatic carbocycles. The van der Waals surface area contributed by atoms with Crippen molar-refractivity contribution in [2.45, 2.75) is 58.7 Å². The molecule has 1 aliphatic rings. The summed E-state index contributed by atoms with van der Waals surface area (Å²) in [5, 5.41) is 19.6. The molecule has 0 aromatic carbocycles. The van der Waals surface area contributed by atoms with Crippen LogP contribution in [0.25, 0.3) is 11.5 Å². The van der Waals surface area contributed by atoms with Crippen molar-refractivity contribution in [1.82, 2.24) is 30.3 Å². The second-order valence-electron chi connectivity index (χ2n) is 7.04. The number of H-pyrrole nitrogens is 1. The van der Waals surface area contributed by atoms with E-state index in [1.165, 1.54) is 0 Å². The fourth-order valence-corrected chi connectivity index (χ4v) is 3.42. The molecule has 1 aliphatic heterocycles. The maximum Gasteiger partial charge on any atom is 0.152 e. The molecule has 0 saturated heterocycles. The minimum absolute atomic E-state index is 0.391. The van der Waals surface area contributed by atoms with Crippen LogP contribution in [-0.4, -0.2) is 31.0 Å². The number of aromatic nitrogens is 5. The van der Waals surface area contributed by atoms with Gasteiger partial charge in [0.2, 0.25) is 0 Å². The summed E-state index contributed by atoms with van der Waals surface area (Å²) in [6.45, 7) is 7.95. The van der Waals surface area contributed by atoms with Crippen LogP contribution in [0.1, 0.15) is 49.2 Å². The molecule has 0 amide bonds. The van der Waals surface area contributed by atoms with E-state index in [2.05, 4.69) is 44.1 Å². The number of hydrogen-bond donors (Lipinski definition) is 2. The highest BCUT2D eigenvalue weighted by molar-refractivity contribution is 5.56. The zero-order chi connectivity index (χ0) is 17.4. The first-order chi connectivity index (χ1) is 12.1. The molecule has 1 unspecified atom stereocenters. The summed E-state index contributed by atoms with van der Waals surface area (Å²) in [7, 11) is 0. The molecule has 2 N–H and O–H groups in total.